The number of rotatable bonds is 4. The minimum atomic E-state index is 0. The van der Waals surface area contributed by atoms with Crippen molar-refractivity contribution in [3.8, 4) is 0 Å². The van der Waals surface area contributed by atoms with Crippen LogP contribution in [0.5, 0.6) is 0 Å². The van der Waals surface area contributed by atoms with Crippen molar-refractivity contribution in [3.63, 3.8) is 0 Å². The first-order valence-corrected chi connectivity index (χ1v) is 5.03. The van der Waals surface area contributed by atoms with Crippen LogP contribution in [0.25, 0.3) is 0 Å². The zero-order valence-electron chi connectivity index (χ0n) is 9.42. The minimum absolute atomic E-state index is 0. The van der Waals surface area contributed by atoms with Gasteiger partial charge < -0.3 is 5.32 Å². The molecule has 0 aromatic carbocycles. The lowest BCUT2D eigenvalue weighted by molar-refractivity contribution is 0.659. The average molecular weight is 242 g/mol. The molecule has 2 aromatic heterocycles. The summed E-state index contributed by atoms with van der Waals surface area (Å²) in [5.74, 6) is 0.891. The third-order valence-electron chi connectivity index (χ3n) is 2.20. The molecule has 0 fully saturated rings. The van der Waals surface area contributed by atoms with Crippen molar-refractivity contribution in [3.05, 3.63) is 30.2 Å². The molecular formula is C10H16ClN5. The molecule has 0 atom stereocenters. The van der Waals surface area contributed by atoms with Crippen molar-refractivity contribution in [1.82, 2.24) is 19.6 Å². The quantitative estimate of drug-likeness (QED) is 0.886. The molecule has 16 heavy (non-hydrogen) atoms. The Labute approximate surface area is 101 Å². The van der Waals surface area contributed by atoms with Gasteiger partial charge in [-0.15, -0.1) is 12.4 Å². The number of anilines is 1. The molecule has 0 aliphatic carbocycles. The first kappa shape index (κ1) is 12.6. The molecule has 6 heteroatoms. The van der Waals surface area contributed by atoms with Gasteiger partial charge in [0.15, 0.2) is 0 Å². The van der Waals surface area contributed by atoms with Gasteiger partial charge in [-0.1, -0.05) is 0 Å². The molecule has 0 amide bonds. The lowest BCUT2D eigenvalue weighted by Gasteiger charge is -1.99. The maximum atomic E-state index is 4.23. The van der Waals surface area contributed by atoms with Crippen molar-refractivity contribution in [2.45, 2.75) is 20.0 Å². The average Bonchev–Trinajstić information content (AvgIpc) is 2.83. The lowest BCUT2D eigenvalue weighted by atomic mass is 10.3. The molecule has 0 aliphatic rings. The molecule has 0 saturated heterocycles. The Balaban J connectivity index is 0.00000128. The summed E-state index contributed by atoms with van der Waals surface area (Å²) in [5, 5.41) is 11.7. The molecule has 2 aromatic rings. The maximum absolute atomic E-state index is 4.23. The Hall–Kier alpha value is -1.49. The largest absolute Gasteiger partial charge is 0.364 e. The number of aromatic nitrogens is 4. The zero-order valence-corrected chi connectivity index (χ0v) is 10.2. The summed E-state index contributed by atoms with van der Waals surface area (Å²) in [6, 6.07) is 1.95. The first-order valence-electron chi connectivity index (χ1n) is 5.03. The van der Waals surface area contributed by atoms with Gasteiger partial charge in [0.1, 0.15) is 5.82 Å². The standard InChI is InChI=1S/C10H15N5.ClH/c1-3-15-8-9(7-12-15)6-11-10-4-5-14(2)13-10;/h4-5,7-8H,3,6H2,1-2H3,(H,11,13);1H. The second-order valence-corrected chi connectivity index (χ2v) is 3.43. The van der Waals surface area contributed by atoms with Gasteiger partial charge >= 0.3 is 0 Å². The van der Waals surface area contributed by atoms with Gasteiger partial charge in [-0.05, 0) is 6.92 Å². The van der Waals surface area contributed by atoms with Crippen LogP contribution in [0.15, 0.2) is 24.7 Å². The molecule has 0 aliphatic heterocycles. The SMILES string of the molecule is CCn1cc(CNc2ccn(C)n2)cn1.Cl. The Morgan fingerprint density at radius 1 is 1.44 bits per heavy atom. The topological polar surface area (TPSA) is 47.7 Å². The summed E-state index contributed by atoms with van der Waals surface area (Å²) in [7, 11) is 1.90. The van der Waals surface area contributed by atoms with E-state index in [4.69, 9.17) is 0 Å². The predicted octanol–water partition coefficient (Wildman–Crippen LogP) is 1.67. The van der Waals surface area contributed by atoms with Gasteiger partial charge in [0.2, 0.25) is 0 Å². The molecule has 2 rings (SSSR count). The van der Waals surface area contributed by atoms with Crippen molar-refractivity contribution < 1.29 is 0 Å². The Morgan fingerprint density at radius 3 is 2.81 bits per heavy atom. The fraction of sp³-hybridized carbons (Fsp3) is 0.400. The van der Waals surface area contributed by atoms with Gasteiger partial charge in [0.05, 0.1) is 6.20 Å². The summed E-state index contributed by atoms with van der Waals surface area (Å²) >= 11 is 0. The van der Waals surface area contributed by atoms with E-state index in [2.05, 4.69) is 22.4 Å². The number of aryl methyl sites for hydroxylation is 2. The molecule has 1 N–H and O–H groups in total. The minimum Gasteiger partial charge on any atom is -0.364 e. The molecule has 0 saturated carbocycles. The van der Waals surface area contributed by atoms with E-state index in [1.807, 2.05) is 36.4 Å². The van der Waals surface area contributed by atoms with Crippen LogP contribution in [0, 0.1) is 0 Å². The fourth-order valence-electron chi connectivity index (χ4n) is 1.37. The Morgan fingerprint density at radius 2 is 2.25 bits per heavy atom. The van der Waals surface area contributed by atoms with Crippen LogP contribution in [-0.4, -0.2) is 19.6 Å². The van der Waals surface area contributed by atoms with Crippen molar-refractivity contribution in [2.24, 2.45) is 7.05 Å². The van der Waals surface area contributed by atoms with Crippen LogP contribution >= 0.6 is 12.4 Å². The molecular weight excluding hydrogens is 226 g/mol. The smallest absolute Gasteiger partial charge is 0.148 e. The fourth-order valence-corrected chi connectivity index (χ4v) is 1.37. The lowest BCUT2D eigenvalue weighted by Crippen LogP contribution is -2.00. The summed E-state index contributed by atoms with van der Waals surface area (Å²) in [5.41, 5.74) is 1.17. The Bertz CT molecular complexity index is 434. The van der Waals surface area contributed by atoms with Crippen molar-refractivity contribution in [1.29, 1.82) is 0 Å². The molecule has 0 bridgehead atoms. The highest BCUT2D eigenvalue weighted by molar-refractivity contribution is 5.85. The van der Waals surface area contributed by atoms with Crippen LogP contribution in [0.4, 0.5) is 5.82 Å². The van der Waals surface area contributed by atoms with E-state index in [0.717, 1.165) is 18.9 Å². The van der Waals surface area contributed by atoms with Gasteiger partial charge in [-0.3, -0.25) is 9.36 Å². The molecule has 2 heterocycles. The summed E-state index contributed by atoms with van der Waals surface area (Å²) in [6.07, 6.45) is 5.83. The predicted molar refractivity (Wildman–Crippen MR) is 65.7 cm³/mol. The van der Waals surface area contributed by atoms with Gasteiger partial charge in [-0.2, -0.15) is 10.2 Å². The summed E-state index contributed by atoms with van der Waals surface area (Å²) in [4.78, 5) is 0. The monoisotopic (exact) mass is 241 g/mol. The van der Waals surface area contributed by atoms with E-state index < -0.39 is 0 Å². The van der Waals surface area contributed by atoms with E-state index in [-0.39, 0.29) is 12.4 Å². The van der Waals surface area contributed by atoms with E-state index in [1.165, 1.54) is 5.56 Å². The molecule has 0 spiro atoms. The molecule has 88 valence electrons. The normalized spacial score (nSPS) is 9.88. The number of hydrogen-bond donors (Lipinski definition) is 1. The van der Waals surface area contributed by atoms with Crippen LogP contribution in [-0.2, 0) is 20.1 Å². The first-order chi connectivity index (χ1) is 7.28. The number of nitrogens with zero attached hydrogens (tertiary/aromatic N) is 4. The Kier molecular flexibility index (Phi) is 4.37. The number of nitrogens with one attached hydrogen (secondary N) is 1. The second-order valence-electron chi connectivity index (χ2n) is 3.43. The molecule has 0 radical (unpaired) electrons. The van der Waals surface area contributed by atoms with E-state index >= 15 is 0 Å². The third-order valence-corrected chi connectivity index (χ3v) is 2.20. The molecule has 5 nitrogen and oxygen atoms in total. The zero-order chi connectivity index (χ0) is 10.7. The van der Waals surface area contributed by atoms with E-state index in [0.29, 0.717) is 0 Å². The highest BCUT2D eigenvalue weighted by atomic mass is 35.5. The summed E-state index contributed by atoms with van der Waals surface area (Å²) in [6.45, 7) is 3.74. The van der Waals surface area contributed by atoms with Crippen molar-refractivity contribution >= 4 is 18.2 Å². The van der Waals surface area contributed by atoms with Crippen LogP contribution in [0.2, 0.25) is 0 Å². The molecule has 0 unspecified atom stereocenters. The van der Waals surface area contributed by atoms with Crippen molar-refractivity contribution in [2.75, 3.05) is 5.32 Å². The van der Waals surface area contributed by atoms with Crippen LogP contribution in [0.3, 0.4) is 0 Å². The number of hydrogen-bond acceptors (Lipinski definition) is 3. The van der Waals surface area contributed by atoms with Gasteiger partial charge in [0, 0.05) is 44.2 Å². The maximum Gasteiger partial charge on any atom is 0.148 e. The van der Waals surface area contributed by atoms with E-state index in [1.54, 1.807) is 4.68 Å². The highest BCUT2D eigenvalue weighted by Gasteiger charge is 1.98. The third kappa shape index (κ3) is 3.00. The van der Waals surface area contributed by atoms with Crippen LogP contribution in [0.1, 0.15) is 12.5 Å². The highest BCUT2D eigenvalue weighted by Crippen LogP contribution is 2.04. The van der Waals surface area contributed by atoms with Crippen LogP contribution < -0.4 is 5.32 Å². The summed E-state index contributed by atoms with van der Waals surface area (Å²) < 4.78 is 3.69. The van der Waals surface area contributed by atoms with E-state index in [9.17, 15) is 0 Å². The number of halogens is 1. The van der Waals surface area contributed by atoms with Gasteiger partial charge in [-0.25, -0.2) is 0 Å². The van der Waals surface area contributed by atoms with Gasteiger partial charge in [0.25, 0.3) is 0 Å². The second kappa shape index (κ2) is 5.55.